The van der Waals surface area contributed by atoms with Crippen molar-refractivity contribution in [1.29, 1.82) is 0 Å². The third kappa shape index (κ3) is 3.35. The van der Waals surface area contributed by atoms with E-state index in [9.17, 15) is 4.79 Å². The van der Waals surface area contributed by atoms with Crippen LogP contribution in [0.1, 0.15) is 26.2 Å². The Balaban J connectivity index is 2.13. The third-order valence-corrected chi connectivity index (χ3v) is 2.80. The molecule has 1 atom stereocenters. The number of hydrogen-bond acceptors (Lipinski definition) is 3. The number of methoxy groups -OCH3 is 1. The smallest absolute Gasteiger partial charge is 0.305 e. The predicted molar refractivity (Wildman–Crippen MR) is 51.5 cm³/mol. The van der Waals surface area contributed by atoms with E-state index in [1.807, 2.05) is 0 Å². The first-order chi connectivity index (χ1) is 6.26. The summed E-state index contributed by atoms with van der Waals surface area (Å²) >= 11 is 0. The average molecular weight is 185 g/mol. The van der Waals surface area contributed by atoms with Gasteiger partial charge in [0.2, 0.25) is 0 Å². The van der Waals surface area contributed by atoms with Crippen molar-refractivity contribution in [3.63, 3.8) is 0 Å². The molecule has 0 aliphatic carbocycles. The number of hydrogen-bond donors (Lipinski definition) is 0. The third-order valence-electron chi connectivity index (χ3n) is 2.80. The fourth-order valence-electron chi connectivity index (χ4n) is 1.86. The van der Waals surface area contributed by atoms with Gasteiger partial charge in [0, 0.05) is 13.0 Å². The SMILES string of the molecule is CCN1CCC(CCC(=O)OC)C1. The van der Waals surface area contributed by atoms with E-state index in [-0.39, 0.29) is 5.97 Å². The second-order valence-corrected chi connectivity index (χ2v) is 3.66. The van der Waals surface area contributed by atoms with Crippen LogP contribution in [0.5, 0.6) is 0 Å². The Labute approximate surface area is 80.1 Å². The molecule has 1 unspecified atom stereocenters. The predicted octanol–water partition coefficient (Wildman–Crippen LogP) is 1.28. The van der Waals surface area contributed by atoms with Crippen molar-refractivity contribution in [2.75, 3.05) is 26.7 Å². The van der Waals surface area contributed by atoms with Crippen LogP contribution in [0.2, 0.25) is 0 Å². The monoisotopic (exact) mass is 185 g/mol. The van der Waals surface area contributed by atoms with Gasteiger partial charge in [-0.3, -0.25) is 4.79 Å². The van der Waals surface area contributed by atoms with Crippen LogP contribution in [-0.4, -0.2) is 37.6 Å². The number of likely N-dealkylation sites (tertiary alicyclic amines) is 1. The Morgan fingerprint density at radius 3 is 2.92 bits per heavy atom. The molecule has 1 aliphatic rings. The van der Waals surface area contributed by atoms with E-state index in [4.69, 9.17) is 0 Å². The summed E-state index contributed by atoms with van der Waals surface area (Å²) in [7, 11) is 1.45. The molecule has 3 heteroatoms. The highest BCUT2D eigenvalue weighted by Crippen LogP contribution is 2.20. The average Bonchev–Trinajstić information content (AvgIpc) is 2.61. The summed E-state index contributed by atoms with van der Waals surface area (Å²) in [5, 5.41) is 0. The van der Waals surface area contributed by atoms with Crippen molar-refractivity contribution in [3.05, 3.63) is 0 Å². The highest BCUT2D eigenvalue weighted by Gasteiger charge is 2.21. The van der Waals surface area contributed by atoms with Crippen LogP contribution in [0.3, 0.4) is 0 Å². The summed E-state index contributed by atoms with van der Waals surface area (Å²) in [6.45, 7) is 5.67. The van der Waals surface area contributed by atoms with Gasteiger partial charge in [0.25, 0.3) is 0 Å². The van der Waals surface area contributed by atoms with Gasteiger partial charge in [0.05, 0.1) is 7.11 Å². The van der Waals surface area contributed by atoms with Crippen molar-refractivity contribution < 1.29 is 9.53 Å². The van der Waals surface area contributed by atoms with Gasteiger partial charge in [-0.05, 0) is 31.8 Å². The first-order valence-corrected chi connectivity index (χ1v) is 5.05. The van der Waals surface area contributed by atoms with Crippen molar-refractivity contribution >= 4 is 5.97 Å². The van der Waals surface area contributed by atoms with Crippen LogP contribution in [0.25, 0.3) is 0 Å². The lowest BCUT2D eigenvalue weighted by Gasteiger charge is -2.12. The minimum Gasteiger partial charge on any atom is -0.469 e. The molecule has 0 amide bonds. The van der Waals surface area contributed by atoms with E-state index in [0.29, 0.717) is 12.3 Å². The normalized spacial score (nSPS) is 23.4. The molecule has 0 N–H and O–H groups in total. The van der Waals surface area contributed by atoms with Crippen LogP contribution in [0, 0.1) is 5.92 Å². The van der Waals surface area contributed by atoms with E-state index in [1.54, 1.807) is 0 Å². The highest BCUT2D eigenvalue weighted by atomic mass is 16.5. The number of nitrogens with zero attached hydrogens (tertiary/aromatic N) is 1. The Morgan fingerprint density at radius 2 is 2.38 bits per heavy atom. The fraction of sp³-hybridized carbons (Fsp3) is 0.900. The maximum absolute atomic E-state index is 10.9. The number of ether oxygens (including phenoxy) is 1. The van der Waals surface area contributed by atoms with Gasteiger partial charge in [-0.25, -0.2) is 0 Å². The molecular weight excluding hydrogens is 166 g/mol. The Bertz CT molecular complexity index is 170. The summed E-state index contributed by atoms with van der Waals surface area (Å²) in [4.78, 5) is 13.3. The van der Waals surface area contributed by atoms with Crippen molar-refractivity contribution in [2.45, 2.75) is 26.2 Å². The van der Waals surface area contributed by atoms with E-state index in [0.717, 1.165) is 19.5 Å². The number of esters is 1. The topological polar surface area (TPSA) is 29.5 Å². The minimum atomic E-state index is -0.0741. The number of carbonyl (C=O) groups is 1. The summed E-state index contributed by atoms with van der Waals surface area (Å²) in [6.07, 6.45) is 2.81. The summed E-state index contributed by atoms with van der Waals surface area (Å²) in [6, 6.07) is 0. The van der Waals surface area contributed by atoms with Crippen molar-refractivity contribution in [1.82, 2.24) is 4.90 Å². The van der Waals surface area contributed by atoms with Crippen LogP contribution >= 0.6 is 0 Å². The molecule has 0 radical (unpaired) electrons. The Morgan fingerprint density at radius 1 is 1.62 bits per heavy atom. The Hall–Kier alpha value is -0.570. The van der Waals surface area contributed by atoms with Gasteiger partial charge in [-0.2, -0.15) is 0 Å². The zero-order chi connectivity index (χ0) is 9.68. The van der Waals surface area contributed by atoms with Crippen molar-refractivity contribution in [2.24, 2.45) is 5.92 Å². The first-order valence-electron chi connectivity index (χ1n) is 5.05. The standard InChI is InChI=1S/C10H19NO2/c1-3-11-7-6-9(8-11)4-5-10(12)13-2/h9H,3-8H2,1-2H3. The van der Waals surface area contributed by atoms with Gasteiger partial charge in [0.15, 0.2) is 0 Å². The van der Waals surface area contributed by atoms with Crippen molar-refractivity contribution in [3.8, 4) is 0 Å². The minimum absolute atomic E-state index is 0.0741. The van der Waals surface area contributed by atoms with Crippen LogP contribution < -0.4 is 0 Å². The molecule has 1 fully saturated rings. The molecule has 0 bridgehead atoms. The molecule has 0 aromatic heterocycles. The number of carbonyl (C=O) groups excluding carboxylic acids is 1. The molecular formula is C10H19NO2. The number of rotatable bonds is 4. The van der Waals surface area contributed by atoms with Gasteiger partial charge in [-0.15, -0.1) is 0 Å². The van der Waals surface area contributed by atoms with Crippen LogP contribution in [0.15, 0.2) is 0 Å². The molecule has 13 heavy (non-hydrogen) atoms. The highest BCUT2D eigenvalue weighted by molar-refractivity contribution is 5.69. The van der Waals surface area contributed by atoms with Gasteiger partial charge in [-0.1, -0.05) is 6.92 Å². The molecule has 0 spiro atoms. The Kier molecular flexibility index (Phi) is 4.22. The van der Waals surface area contributed by atoms with E-state index < -0.39 is 0 Å². The van der Waals surface area contributed by atoms with Crippen LogP contribution in [-0.2, 0) is 9.53 Å². The lowest BCUT2D eigenvalue weighted by Crippen LogP contribution is -2.20. The summed E-state index contributed by atoms with van der Waals surface area (Å²) < 4.78 is 4.61. The zero-order valence-electron chi connectivity index (χ0n) is 8.58. The molecule has 0 aromatic rings. The summed E-state index contributed by atoms with van der Waals surface area (Å²) in [5.74, 6) is 0.633. The molecule has 1 saturated heterocycles. The molecule has 3 nitrogen and oxygen atoms in total. The zero-order valence-corrected chi connectivity index (χ0v) is 8.58. The first kappa shape index (κ1) is 10.5. The van der Waals surface area contributed by atoms with Gasteiger partial charge < -0.3 is 9.64 Å². The maximum Gasteiger partial charge on any atom is 0.305 e. The molecule has 1 heterocycles. The van der Waals surface area contributed by atoms with E-state index in [2.05, 4.69) is 16.6 Å². The van der Waals surface area contributed by atoms with Crippen LogP contribution in [0.4, 0.5) is 0 Å². The summed E-state index contributed by atoms with van der Waals surface area (Å²) in [5.41, 5.74) is 0. The fourth-order valence-corrected chi connectivity index (χ4v) is 1.86. The second-order valence-electron chi connectivity index (χ2n) is 3.66. The van der Waals surface area contributed by atoms with E-state index >= 15 is 0 Å². The lowest BCUT2D eigenvalue weighted by atomic mass is 10.0. The molecule has 76 valence electrons. The molecule has 0 aromatic carbocycles. The van der Waals surface area contributed by atoms with Gasteiger partial charge >= 0.3 is 5.97 Å². The maximum atomic E-state index is 10.9. The van der Waals surface area contributed by atoms with Gasteiger partial charge in [0.1, 0.15) is 0 Å². The quantitative estimate of drug-likeness (QED) is 0.618. The molecule has 1 aliphatic heterocycles. The lowest BCUT2D eigenvalue weighted by molar-refractivity contribution is -0.140. The molecule has 0 saturated carbocycles. The molecule has 1 rings (SSSR count). The largest absolute Gasteiger partial charge is 0.469 e. The van der Waals surface area contributed by atoms with E-state index in [1.165, 1.54) is 20.1 Å². The second kappa shape index (κ2) is 5.22.